The van der Waals surface area contributed by atoms with Crippen LogP contribution in [0.1, 0.15) is 13.8 Å². The number of anilines is 1. The molecule has 5 heteroatoms. The van der Waals surface area contributed by atoms with Gasteiger partial charge in [-0.3, -0.25) is 4.90 Å². The van der Waals surface area contributed by atoms with Crippen molar-refractivity contribution >= 4 is 16.7 Å². The lowest BCUT2D eigenvalue weighted by molar-refractivity contribution is 0.231. The third-order valence-corrected chi connectivity index (χ3v) is 3.73. The number of piperazine rings is 1. The first-order valence-corrected chi connectivity index (χ1v) is 7.29. The molecule has 0 N–H and O–H groups in total. The molecule has 106 valence electrons. The average Bonchev–Trinajstić information content (AvgIpc) is 2.47. The van der Waals surface area contributed by atoms with Gasteiger partial charge in [-0.15, -0.1) is 10.2 Å². The largest absolute Gasteiger partial charge is 0.352 e. The number of aromatic nitrogens is 3. The van der Waals surface area contributed by atoms with Crippen molar-refractivity contribution in [3.63, 3.8) is 0 Å². The fourth-order valence-electron chi connectivity index (χ4n) is 2.81. The van der Waals surface area contributed by atoms with Gasteiger partial charge in [0.15, 0.2) is 5.82 Å². The zero-order valence-corrected chi connectivity index (χ0v) is 12.2. The molecule has 0 aliphatic carbocycles. The molecule has 2 aromatic rings. The topological polar surface area (TPSA) is 45.2 Å². The Labute approximate surface area is 119 Å². The summed E-state index contributed by atoms with van der Waals surface area (Å²) in [4.78, 5) is 4.85. The second-order valence-electron chi connectivity index (χ2n) is 5.81. The minimum Gasteiger partial charge on any atom is -0.352 e. The molecule has 5 nitrogen and oxygen atoms in total. The van der Waals surface area contributed by atoms with E-state index in [0.717, 1.165) is 48.8 Å². The first-order valence-electron chi connectivity index (χ1n) is 7.29. The molecule has 1 aliphatic heterocycles. The maximum Gasteiger partial charge on any atom is 0.162 e. The van der Waals surface area contributed by atoms with Crippen molar-refractivity contribution in [3.8, 4) is 0 Å². The number of benzene rings is 1. The van der Waals surface area contributed by atoms with E-state index < -0.39 is 0 Å². The van der Waals surface area contributed by atoms with Gasteiger partial charge in [-0.25, -0.2) is 0 Å². The predicted octanol–water partition coefficient (Wildman–Crippen LogP) is 1.80. The Morgan fingerprint density at radius 1 is 1.05 bits per heavy atom. The van der Waals surface area contributed by atoms with E-state index in [2.05, 4.69) is 45.1 Å². The van der Waals surface area contributed by atoms with Crippen LogP contribution in [0.2, 0.25) is 0 Å². The Bertz CT molecular complexity index is 570. The number of hydrogen-bond acceptors (Lipinski definition) is 5. The minimum atomic E-state index is 0.725. The lowest BCUT2D eigenvalue weighted by Crippen LogP contribution is -2.47. The Balaban J connectivity index is 1.77. The zero-order chi connectivity index (χ0) is 13.9. The lowest BCUT2D eigenvalue weighted by atomic mass is 10.2. The van der Waals surface area contributed by atoms with Crippen molar-refractivity contribution in [3.05, 3.63) is 24.3 Å². The summed E-state index contributed by atoms with van der Waals surface area (Å²) in [6.07, 6.45) is 0. The summed E-state index contributed by atoms with van der Waals surface area (Å²) in [6, 6.07) is 8.08. The summed E-state index contributed by atoms with van der Waals surface area (Å²) >= 11 is 0. The molecule has 20 heavy (non-hydrogen) atoms. The van der Waals surface area contributed by atoms with E-state index in [1.165, 1.54) is 6.54 Å². The van der Waals surface area contributed by atoms with E-state index in [-0.39, 0.29) is 0 Å². The Hall–Kier alpha value is -1.75. The zero-order valence-electron chi connectivity index (χ0n) is 12.2. The number of rotatable bonds is 3. The van der Waals surface area contributed by atoms with Gasteiger partial charge in [-0.2, -0.15) is 0 Å². The summed E-state index contributed by atoms with van der Waals surface area (Å²) in [6.45, 7) is 9.93. The maximum absolute atomic E-state index is 4.26. The van der Waals surface area contributed by atoms with Gasteiger partial charge in [-0.05, 0) is 23.3 Å². The van der Waals surface area contributed by atoms with Crippen molar-refractivity contribution in [2.24, 2.45) is 5.92 Å². The highest BCUT2D eigenvalue weighted by Gasteiger charge is 2.20. The number of hydrogen-bond donors (Lipinski definition) is 0. The molecule has 0 radical (unpaired) electrons. The summed E-state index contributed by atoms with van der Waals surface area (Å²) in [5.74, 6) is 1.70. The number of nitrogens with zero attached hydrogens (tertiary/aromatic N) is 5. The van der Waals surface area contributed by atoms with Crippen LogP contribution in [-0.2, 0) is 0 Å². The smallest absolute Gasteiger partial charge is 0.162 e. The number of fused-ring (bicyclic) bond motifs is 1. The molecule has 2 heterocycles. The van der Waals surface area contributed by atoms with Crippen LogP contribution in [-0.4, -0.2) is 53.0 Å². The van der Waals surface area contributed by atoms with Gasteiger partial charge >= 0.3 is 0 Å². The SMILES string of the molecule is CC(C)CN1CCN(c2nnnc3ccccc23)CC1. The quantitative estimate of drug-likeness (QED) is 0.852. The highest BCUT2D eigenvalue weighted by Crippen LogP contribution is 2.22. The summed E-state index contributed by atoms with van der Waals surface area (Å²) in [5.41, 5.74) is 0.919. The molecule has 0 bridgehead atoms. The molecule has 1 fully saturated rings. The first-order chi connectivity index (χ1) is 9.74. The Kier molecular flexibility index (Phi) is 3.78. The van der Waals surface area contributed by atoms with Gasteiger partial charge in [0, 0.05) is 38.1 Å². The monoisotopic (exact) mass is 271 g/mol. The second kappa shape index (κ2) is 5.71. The van der Waals surface area contributed by atoms with Crippen LogP contribution >= 0.6 is 0 Å². The Morgan fingerprint density at radius 3 is 2.55 bits per heavy atom. The van der Waals surface area contributed by atoms with E-state index >= 15 is 0 Å². The lowest BCUT2D eigenvalue weighted by Gasteiger charge is -2.36. The molecule has 1 saturated heterocycles. The van der Waals surface area contributed by atoms with E-state index in [1.807, 2.05) is 18.2 Å². The predicted molar refractivity (Wildman–Crippen MR) is 80.8 cm³/mol. The summed E-state index contributed by atoms with van der Waals surface area (Å²) in [5, 5.41) is 13.4. The molecule has 3 rings (SSSR count). The second-order valence-corrected chi connectivity index (χ2v) is 5.81. The highest BCUT2D eigenvalue weighted by molar-refractivity contribution is 5.88. The Morgan fingerprint density at radius 2 is 1.80 bits per heavy atom. The van der Waals surface area contributed by atoms with Gasteiger partial charge in [0.1, 0.15) is 0 Å². The molecule has 0 spiro atoms. The van der Waals surface area contributed by atoms with Gasteiger partial charge in [0.25, 0.3) is 0 Å². The molecular weight excluding hydrogens is 250 g/mol. The van der Waals surface area contributed by atoms with Crippen LogP contribution in [0, 0.1) is 5.92 Å². The first kappa shape index (κ1) is 13.2. The van der Waals surface area contributed by atoms with Crippen LogP contribution < -0.4 is 4.90 Å². The minimum absolute atomic E-state index is 0.725. The van der Waals surface area contributed by atoms with Crippen molar-refractivity contribution in [2.75, 3.05) is 37.6 Å². The highest BCUT2D eigenvalue weighted by atomic mass is 15.4. The van der Waals surface area contributed by atoms with Crippen molar-refractivity contribution in [1.82, 2.24) is 20.3 Å². The van der Waals surface area contributed by atoms with Gasteiger partial charge in [0.05, 0.1) is 5.52 Å². The summed E-state index contributed by atoms with van der Waals surface area (Å²) < 4.78 is 0. The van der Waals surface area contributed by atoms with Crippen molar-refractivity contribution in [1.29, 1.82) is 0 Å². The third kappa shape index (κ3) is 2.72. The normalized spacial score (nSPS) is 17.1. The molecule has 0 atom stereocenters. The van der Waals surface area contributed by atoms with E-state index in [4.69, 9.17) is 0 Å². The molecule has 1 aliphatic rings. The van der Waals surface area contributed by atoms with Crippen LogP contribution in [0.3, 0.4) is 0 Å². The molecular formula is C15H21N5. The van der Waals surface area contributed by atoms with Crippen LogP contribution in [0.5, 0.6) is 0 Å². The fourth-order valence-corrected chi connectivity index (χ4v) is 2.81. The average molecular weight is 271 g/mol. The van der Waals surface area contributed by atoms with E-state index in [1.54, 1.807) is 0 Å². The molecule has 0 unspecified atom stereocenters. The molecule has 1 aromatic heterocycles. The molecule has 1 aromatic carbocycles. The van der Waals surface area contributed by atoms with E-state index in [9.17, 15) is 0 Å². The molecule has 0 saturated carbocycles. The van der Waals surface area contributed by atoms with Gasteiger partial charge in [-0.1, -0.05) is 26.0 Å². The third-order valence-electron chi connectivity index (χ3n) is 3.73. The van der Waals surface area contributed by atoms with Crippen molar-refractivity contribution in [2.45, 2.75) is 13.8 Å². The molecule has 0 amide bonds. The van der Waals surface area contributed by atoms with Crippen LogP contribution in [0.25, 0.3) is 10.9 Å². The van der Waals surface area contributed by atoms with Gasteiger partial charge in [0.2, 0.25) is 0 Å². The maximum atomic E-state index is 4.26. The van der Waals surface area contributed by atoms with Crippen molar-refractivity contribution < 1.29 is 0 Å². The fraction of sp³-hybridized carbons (Fsp3) is 0.533. The standard InChI is InChI=1S/C15H21N5/c1-12(2)11-19-7-9-20(10-8-19)15-13-5-3-4-6-14(13)16-18-17-15/h3-6,12H,7-11H2,1-2H3. The summed E-state index contributed by atoms with van der Waals surface area (Å²) in [7, 11) is 0. The van der Waals surface area contributed by atoms with Gasteiger partial charge < -0.3 is 4.90 Å². The van der Waals surface area contributed by atoms with Crippen LogP contribution in [0.4, 0.5) is 5.82 Å². The van der Waals surface area contributed by atoms with E-state index in [0.29, 0.717) is 0 Å². The van der Waals surface area contributed by atoms with Crippen LogP contribution in [0.15, 0.2) is 24.3 Å².